The summed E-state index contributed by atoms with van der Waals surface area (Å²) in [6.07, 6.45) is 0. The molecule has 0 aliphatic heterocycles. The van der Waals surface area contributed by atoms with E-state index in [2.05, 4.69) is 159 Å². The van der Waals surface area contributed by atoms with Crippen LogP contribution in [0.1, 0.15) is 25.0 Å². The molecule has 0 saturated heterocycles. The molecule has 0 atom stereocenters. The molecule has 1 aliphatic rings. The molecule has 0 amide bonds. The molecule has 0 N–H and O–H groups in total. The van der Waals surface area contributed by atoms with E-state index in [-0.39, 0.29) is 5.41 Å². The van der Waals surface area contributed by atoms with E-state index in [9.17, 15) is 0 Å². The van der Waals surface area contributed by atoms with Crippen molar-refractivity contribution in [2.24, 2.45) is 0 Å². The zero-order chi connectivity index (χ0) is 35.0. The van der Waals surface area contributed by atoms with Gasteiger partial charge in [-0.2, -0.15) is 0 Å². The van der Waals surface area contributed by atoms with Gasteiger partial charge >= 0.3 is 0 Å². The van der Waals surface area contributed by atoms with Gasteiger partial charge in [-0.3, -0.25) is 0 Å². The smallest absolute Gasteiger partial charge is 0.178 e. The highest BCUT2D eigenvalue weighted by molar-refractivity contribution is 6.26. The number of benzene rings is 9. The minimum absolute atomic E-state index is 0.0321. The van der Waals surface area contributed by atoms with E-state index in [0.29, 0.717) is 0 Å². The maximum Gasteiger partial charge on any atom is 0.178 e. The fraction of sp³-hybridized carbons (Fsp3) is 0.0588. The minimum atomic E-state index is -0.0321. The van der Waals surface area contributed by atoms with Crippen LogP contribution in [0.2, 0.25) is 0 Å². The largest absolute Gasteiger partial charge is 0.452 e. The van der Waals surface area contributed by atoms with E-state index in [0.717, 1.165) is 49.4 Å². The molecule has 2 aromatic heterocycles. The summed E-state index contributed by atoms with van der Waals surface area (Å²) in [7, 11) is 0. The van der Waals surface area contributed by atoms with Gasteiger partial charge in [0.15, 0.2) is 11.2 Å². The van der Waals surface area contributed by atoms with Crippen molar-refractivity contribution in [2.75, 3.05) is 0 Å². The maximum absolute atomic E-state index is 6.46. The molecule has 0 saturated carbocycles. The average molecular weight is 677 g/mol. The predicted octanol–water partition coefficient (Wildman–Crippen LogP) is 14.6. The van der Waals surface area contributed by atoms with E-state index in [1.54, 1.807) is 0 Å². The maximum atomic E-state index is 6.46. The van der Waals surface area contributed by atoms with Crippen molar-refractivity contribution in [1.82, 2.24) is 0 Å². The Bertz CT molecular complexity index is 3350. The Morgan fingerprint density at radius 3 is 1.58 bits per heavy atom. The topological polar surface area (TPSA) is 26.3 Å². The van der Waals surface area contributed by atoms with E-state index in [4.69, 9.17) is 8.83 Å². The summed E-state index contributed by atoms with van der Waals surface area (Å²) in [5.74, 6) is 0. The van der Waals surface area contributed by atoms with E-state index < -0.39 is 0 Å². The SMILES string of the molecule is CC1(C)c2ccccc2-c2c(-c3ccc4c5ccc(-c6ccc7oc8c(ccc9c%10ccccc%10oc98)c7c6)cc5c5ccccc5c4c3)cccc21. The van der Waals surface area contributed by atoms with Crippen LogP contribution in [0.5, 0.6) is 0 Å². The van der Waals surface area contributed by atoms with Crippen LogP contribution in [0.3, 0.4) is 0 Å². The summed E-state index contributed by atoms with van der Waals surface area (Å²) < 4.78 is 12.8. The Kier molecular flexibility index (Phi) is 5.60. The molecule has 0 spiro atoms. The first-order chi connectivity index (χ1) is 26.0. The molecular weight excluding hydrogens is 645 g/mol. The van der Waals surface area contributed by atoms with E-state index >= 15 is 0 Å². The lowest BCUT2D eigenvalue weighted by atomic mass is 9.82. The first kappa shape index (κ1) is 29.0. The molecule has 0 bridgehead atoms. The fourth-order valence-electron chi connectivity index (χ4n) is 9.50. The van der Waals surface area contributed by atoms with Crippen LogP contribution >= 0.6 is 0 Å². The summed E-state index contributed by atoms with van der Waals surface area (Å²) in [4.78, 5) is 0. The van der Waals surface area contributed by atoms with Gasteiger partial charge in [0.1, 0.15) is 11.2 Å². The van der Waals surface area contributed by atoms with Crippen molar-refractivity contribution in [3.8, 4) is 33.4 Å². The zero-order valence-corrected chi connectivity index (χ0v) is 29.3. The highest BCUT2D eigenvalue weighted by Crippen LogP contribution is 2.52. The molecule has 2 heteroatoms. The van der Waals surface area contributed by atoms with E-state index in [1.165, 1.54) is 71.3 Å². The summed E-state index contributed by atoms with van der Waals surface area (Å²) in [5, 5.41) is 12.0. The fourth-order valence-corrected chi connectivity index (χ4v) is 9.50. The van der Waals surface area contributed by atoms with Crippen molar-refractivity contribution < 1.29 is 8.83 Å². The molecule has 0 fully saturated rings. The van der Waals surface area contributed by atoms with Gasteiger partial charge in [-0.05, 0) is 119 Å². The highest BCUT2D eigenvalue weighted by atomic mass is 16.4. The second-order valence-corrected chi connectivity index (χ2v) is 15.2. The average Bonchev–Trinajstić information content (AvgIpc) is 3.85. The van der Waals surface area contributed by atoms with Crippen LogP contribution in [0, 0.1) is 0 Å². The van der Waals surface area contributed by atoms with Crippen LogP contribution in [0.4, 0.5) is 0 Å². The Morgan fingerprint density at radius 1 is 0.340 bits per heavy atom. The van der Waals surface area contributed by atoms with Crippen LogP contribution in [-0.2, 0) is 5.41 Å². The molecule has 11 aromatic rings. The first-order valence-corrected chi connectivity index (χ1v) is 18.4. The quantitative estimate of drug-likeness (QED) is 0.170. The standard InChI is InChI=1S/C51H32O2/c1-51(2)44-15-7-5-13-40(44)48-32(14-9-16-45(48)51)31-19-22-36-35-21-18-29(26-41(35)33-10-3-4-11-34(33)42(36)28-31)30-20-25-47-43(27-30)39-24-23-38-37-12-6-8-17-46(37)52-49(38)50(39)53-47/h3-28H,1-2H3. The second-order valence-electron chi connectivity index (χ2n) is 15.2. The summed E-state index contributed by atoms with van der Waals surface area (Å²) in [5.41, 5.74) is 13.7. The number of hydrogen-bond donors (Lipinski definition) is 0. The van der Waals surface area contributed by atoms with Crippen molar-refractivity contribution in [2.45, 2.75) is 19.3 Å². The molecular formula is C51H32O2. The van der Waals surface area contributed by atoms with Gasteiger partial charge in [-0.15, -0.1) is 0 Å². The molecule has 248 valence electrons. The molecule has 2 heterocycles. The van der Waals surface area contributed by atoms with Gasteiger partial charge in [0.25, 0.3) is 0 Å². The molecule has 0 radical (unpaired) electrons. The van der Waals surface area contributed by atoms with Crippen molar-refractivity contribution in [3.05, 3.63) is 169 Å². The number of rotatable bonds is 2. The van der Waals surface area contributed by atoms with Gasteiger partial charge in [0.2, 0.25) is 0 Å². The summed E-state index contributed by atoms with van der Waals surface area (Å²) >= 11 is 0. The molecule has 12 rings (SSSR count). The summed E-state index contributed by atoms with van der Waals surface area (Å²) in [6, 6.07) is 57.8. The minimum Gasteiger partial charge on any atom is -0.452 e. The second kappa shape index (κ2) is 10.2. The lowest BCUT2D eigenvalue weighted by Gasteiger charge is -2.21. The normalized spacial score (nSPS) is 13.6. The predicted molar refractivity (Wildman–Crippen MR) is 222 cm³/mol. The molecule has 53 heavy (non-hydrogen) atoms. The number of hydrogen-bond acceptors (Lipinski definition) is 2. The third-order valence-corrected chi connectivity index (χ3v) is 12.1. The van der Waals surface area contributed by atoms with E-state index in [1.807, 2.05) is 12.1 Å². The van der Waals surface area contributed by atoms with Gasteiger partial charge in [-0.1, -0.05) is 129 Å². The Morgan fingerprint density at radius 2 is 0.830 bits per heavy atom. The van der Waals surface area contributed by atoms with Crippen LogP contribution < -0.4 is 0 Å². The summed E-state index contributed by atoms with van der Waals surface area (Å²) in [6.45, 7) is 4.70. The van der Waals surface area contributed by atoms with Crippen molar-refractivity contribution in [3.63, 3.8) is 0 Å². The van der Waals surface area contributed by atoms with Gasteiger partial charge in [0, 0.05) is 27.0 Å². The third-order valence-electron chi connectivity index (χ3n) is 12.1. The number of furan rings is 2. The van der Waals surface area contributed by atoms with Gasteiger partial charge in [-0.25, -0.2) is 0 Å². The number of para-hydroxylation sites is 1. The van der Waals surface area contributed by atoms with Crippen LogP contribution in [-0.4, -0.2) is 0 Å². The lowest BCUT2D eigenvalue weighted by Crippen LogP contribution is -2.14. The lowest BCUT2D eigenvalue weighted by molar-refractivity contribution is 0.633. The highest BCUT2D eigenvalue weighted by Gasteiger charge is 2.36. The van der Waals surface area contributed by atoms with Crippen LogP contribution in [0.15, 0.2) is 167 Å². The van der Waals surface area contributed by atoms with Gasteiger partial charge in [0.05, 0.1) is 0 Å². The zero-order valence-electron chi connectivity index (χ0n) is 29.3. The Balaban J connectivity index is 1.03. The van der Waals surface area contributed by atoms with Crippen molar-refractivity contribution >= 4 is 76.2 Å². The molecule has 2 nitrogen and oxygen atoms in total. The molecule has 0 unspecified atom stereocenters. The Labute approximate surface area is 305 Å². The molecule has 1 aliphatic carbocycles. The van der Waals surface area contributed by atoms with Gasteiger partial charge < -0.3 is 8.83 Å². The third kappa shape index (κ3) is 3.87. The van der Waals surface area contributed by atoms with Crippen LogP contribution in [0.25, 0.3) is 110 Å². The first-order valence-electron chi connectivity index (χ1n) is 18.4. The molecule has 9 aromatic carbocycles. The number of fused-ring (bicyclic) bond motifs is 16. The van der Waals surface area contributed by atoms with Crippen molar-refractivity contribution in [1.29, 1.82) is 0 Å². The monoisotopic (exact) mass is 676 g/mol. The Hall–Kier alpha value is -6.64.